The second-order valence-corrected chi connectivity index (χ2v) is 0.943. The number of nitrogens with one attached hydrogen (secondary N) is 1. The Hall–Kier alpha value is -0.990. The maximum absolute atomic E-state index is 9.92. The van der Waals surface area contributed by atoms with Gasteiger partial charge in [-0.15, -0.1) is 0 Å². The molecule has 0 aromatic carbocycles. The summed E-state index contributed by atoms with van der Waals surface area (Å²) >= 11 is 0. The molecule has 0 aliphatic rings. The molecule has 0 unspecified atom stereocenters. The first kappa shape index (κ1) is 6.01. The number of carbonyl (C=O) groups is 1. The van der Waals surface area contributed by atoms with Crippen LogP contribution in [-0.2, 0) is 9.63 Å². The molecular formula is C4H7NO2. The van der Waals surface area contributed by atoms with Crippen LogP contribution in [0.3, 0.4) is 0 Å². The predicted molar refractivity (Wildman–Crippen MR) is 25.1 cm³/mol. The van der Waals surface area contributed by atoms with E-state index in [1.807, 2.05) is 5.48 Å². The summed E-state index contributed by atoms with van der Waals surface area (Å²) in [4.78, 5) is 14.2. The van der Waals surface area contributed by atoms with Gasteiger partial charge in [-0.05, 0) is 0 Å². The van der Waals surface area contributed by atoms with Gasteiger partial charge in [0.05, 0.1) is 0 Å². The molecule has 0 rings (SSSR count). The summed E-state index contributed by atoms with van der Waals surface area (Å²) in [6.07, 6.45) is 1.14. The summed E-state index contributed by atoms with van der Waals surface area (Å²) in [5.74, 6) is -0.236. The van der Waals surface area contributed by atoms with Gasteiger partial charge >= 0.3 is 0 Å². The second kappa shape index (κ2) is 3.21. The highest BCUT2D eigenvalue weighted by Gasteiger charge is 1.81. The Kier molecular flexibility index (Phi) is 2.76. The van der Waals surface area contributed by atoms with E-state index in [1.165, 1.54) is 6.92 Å². The maximum atomic E-state index is 9.92. The molecule has 7 heavy (non-hydrogen) atoms. The van der Waals surface area contributed by atoms with Gasteiger partial charge in [-0.2, -0.15) is 5.48 Å². The topological polar surface area (TPSA) is 38.3 Å². The van der Waals surface area contributed by atoms with Gasteiger partial charge in [0.2, 0.25) is 5.91 Å². The molecule has 0 saturated carbocycles. The van der Waals surface area contributed by atoms with Crippen LogP contribution in [0.15, 0.2) is 12.8 Å². The van der Waals surface area contributed by atoms with E-state index in [2.05, 4.69) is 11.4 Å². The van der Waals surface area contributed by atoms with Gasteiger partial charge in [0.25, 0.3) is 0 Å². The first-order chi connectivity index (χ1) is 3.27. The molecule has 0 aromatic heterocycles. The van der Waals surface area contributed by atoms with Crippen LogP contribution in [0.1, 0.15) is 6.92 Å². The number of hydroxylamine groups is 1. The first-order valence-electron chi connectivity index (χ1n) is 1.80. The van der Waals surface area contributed by atoms with E-state index < -0.39 is 0 Å². The normalized spacial score (nSPS) is 7.00. The van der Waals surface area contributed by atoms with Crippen LogP contribution < -0.4 is 5.48 Å². The van der Waals surface area contributed by atoms with Gasteiger partial charge in [-0.25, -0.2) is 0 Å². The highest BCUT2D eigenvalue weighted by Crippen LogP contribution is 1.62. The Morgan fingerprint density at radius 1 is 2.00 bits per heavy atom. The summed E-state index contributed by atoms with van der Waals surface area (Å²) in [6, 6.07) is 0. The Morgan fingerprint density at radius 3 is 2.71 bits per heavy atom. The van der Waals surface area contributed by atoms with E-state index in [0.717, 1.165) is 6.26 Å². The minimum atomic E-state index is -0.236. The number of hydrogen-bond acceptors (Lipinski definition) is 2. The number of amides is 1. The third-order valence-electron chi connectivity index (χ3n) is 0.286. The monoisotopic (exact) mass is 101 g/mol. The van der Waals surface area contributed by atoms with Crippen molar-refractivity contribution in [2.45, 2.75) is 6.92 Å². The zero-order valence-corrected chi connectivity index (χ0v) is 4.10. The van der Waals surface area contributed by atoms with Crippen LogP contribution >= 0.6 is 0 Å². The van der Waals surface area contributed by atoms with E-state index in [9.17, 15) is 4.79 Å². The minimum Gasteiger partial charge on any atom is -0.388 e. The summed E-state index contributed by atoms with van der Waals surface area (Å²) in [5.41, 5.74) is 2.04. The van der Waals surface area contributed by atoms with Gasteiger partial charge in [0.1, 0.15) is 6.26 Å². The van der Waals surface area contributed by atoms with E-state index in [0.29, 0.717) is 0 Å². The van der Waals surface area contributed by atoms with Crippen molar-refractivity contribution in [3.05, 3.63) is 12.8 Å². The fourth-order valence-electron chi connectivity index (χ4n) is 0.125. The van der Waals surface area contributed by atoms with Crippen molar-refractivity contribution in [1.82, 2.24) is 5.48 Å². The van der Waals surface area contributed by atoms with Crippen molar-refractivity contribution in [3.8, 4) is 0 Å². The van der Waals surface area contributed by atoms with Crippen molar-refractivity contribution < 1.29 is 9.63 Å². The third kappa shape index (κ3) is 5.01. The molecule has 0 aromatic rings. The Bertz CT molecular complexity index is 79.8. The molecule has 3 heteroatoms. The lowest BCUT2D eigenvalue weighted by molar-refractivity contribution is -0.127. The highest BCUT2D eigenvalue weighted by atomic mass is 16.6. The quantitative estimate of drug-likeness (QED) is 0.398. The van der Waals surface area contributed by atoms with E-state index >= 15 is 0 Å². The van der Waals surface area contributed by atoms with Gasteiger partial charge < -0.3 is 4.84 Å². The van der Waals surface area contributed by atoms with Crippen molar-refractivity contribution >= 4 is 5.91 Å². The maximum Gasteiger partial charge on any atom is 0.249 e. The fourth-order valence-corrected chi connectivity index (χ4v) is 0.125. The van der Waals surface area contributed by atoms with Gasteiger partial charge in [-0.1, -0.05) is 6.58 Å². The van der Waals surface area contributed by atoms with E-state index in [4.69, 9.17) is 0 Å². The van der Waals surface area contributed by atoms with Crippen LogP contribution in [0.5, 0.6) is 0 Å². The summed E-state index contributed by atoms with van der Waals surface area (Å²) in [6.45, 7) is 4.55. The SMILES string of the molecule is C=CONC(C)=O. The molecule has 3 nitrogen and oxygen atoms in total. The molecule has 0 aliphatic heterocycles. The lowest BCUT2D eigenvalue weighted by Crippen LogP contribution is -2.16. The lowest BCUT2D eigenvalue weighted by atomic mass is 10.8. The molecule has 0 spiro atoms. The van der Waals surface area contributed by atoms with Crippen LogP contribution in [-0.4, -0.2) is 5.91 Å². The Morgan fingerprint density at radius 2 is 2.57 bits per heavy atom. The lowest BCUT2D eigenvalue weighted by Gasteiger charge is -1.93. The Balaban J connectivity index is 2.97. The zero-order valence-electron chi connectivity index (χ0n) is 4.10. The number of carbonyl (C=O) groups excluding carboxylic acids is 1. The Labute approximate surface area is 41.9 Å². The van der Waals surface area contributed by atoms with Crippen LogP contribution in [0.25, 0.3) is 0 Å². The van der Waals surface area contributed by atoms with Crippen molar-refractivity contribution in [3.63, 3.8) is 0 Å². The van der Waals surface area contributed by atoms with Crippen molar-refractivity contribution in [2.24, 2.45) is 0 Å². The first-order valence-corrected chi connectivity index (χ1v) is 1.80. The second-order valence-electron chi connectivity index (χ2n) is 0.943. The number of rotatable bonds is 2. The molecule has 0 saturated heterocycles. The van der Waals surface area contributed by atoms with Gasteiger partial charge in [0.15, 0.2) is 0 Å². The molecule has 0 atom stereocenters. The molecule has 0 fully saturated rings. The molecule has 0 aliphatic carbocycles. The van der Waals surface area contributed by atoms with E-state index in [-0.39, 0.29) is 5.91 Å². The molecule has 0 radical (unpaired) electrons. The molecule has 40 valence electrons. The minimum absolute atomic E-state index is 0.236. The average molecular weight is 101 g/mol. The molecule has 1 amide bonds. The molecular weight excluding hydrogens is 94.0 g/mol. The summed E-state index contributed by atoms with van der Waals surface area (Å²) < 4.78 is 0. The average Bonchev–Trinajstić information content (AvgIpc) is 1.61. The van der Waals surface area contributed by atoms with Gasteiger partial charge in [-0.3, -0.25) is 4.79 Å². The highest BCUT2D eigenvalue weighted by molar-refractivity contribution is 5.71. The zero-order chi connectivity index (χ0) is 5.70. The van der Waals surface area contributed by atoms with Gasteiger partial charge in [0, 0.05) is 6.92 Å². The number of hydrogen-bond donors (Lipinski definition) is 1. The van der Waals surface area contributed by atoms with Crippen LogP contribution in [0.2, 0.25) is 0 Å². The standard InChI is InChI=1S/C4H7NO2/c1-3-7-5-4(2)6/h3H,1H2,2H3,(H,5,6). The molecule has 1 N–H and O–H groups in total. The van der Waals surface area contributed by atoms with Crippen LogP contribution in [0, 0.1) is 0 Å². The van der Waals surface area contributed by atoms with Crippen molar-refractivity contribution in [1.29, 1.82) is 0 Å². The third-order valence-corrected chi connectivity index (χ3v) is 0.286. The smallest absolute Gasteiger partial charge is 0.249 e. The summed E-state index contributed by atoms with van der Waals surface area (Å²) in [7, 11) is 0. The summed E-state index contributed by atoms with van der Waals surface area (Å²) in [5, 5.41) is 0. The molecule has 0 heterocycles. The fraction of sp³-hybridized carbons (Fsp3) is 0.250. The predicted octanol–water partition coefficient (Wildman–Crippen LogP) is 0.198. The van der Waals surface area contributed by atoms with Crippen molar-refractivity contribution in [2.75, 3.05) is 0 Å². The van der Waals surface area contributed by atoms with E-state index in [1.54, 1.807) is 0 Å². The molecule has 0 bridgehead atoms. The largest absolute Gasteiger partial charge is 0.388 e. The van der Waals surface area contributed by atoms with Crippen LogP contribution in [0.4, 0.5) is 0 Å².